The van der Waals surface area contributed by atoms with Crippen LogP contribution in [0.2, 0.25) is 0 Å². The minimum Gasteiger partial charge on any atom is -0.432 e. The second-order valence-corrected chi connectivity index (χ2v) is 7.70. The molecule has 0 unspecified atom stereocenters. The number of nitrogen functional groups attached to an aromatic ring is 1. The van der Waals surface area contributed by atoms with Gasteiger partial charge in [-0.05, 0) is 30.7 Å². The van der Waals surface area contributed by atoms with E-state index < -0.39 is 20.0 Å². The van der Waals surface area contributed by atoms with Crippen LogP contribution in [0.15, 0.2) is 29.2 Å². The predicted octanol–water partition coefficient (Wildman–Crippen LogP) is 1.85. The lowest BCUT2D eigenvalue weighted by atomic mass is 10.3. The van der Waals surface area contributed by atoms with Crippen LogP contribution in [0, 0.1) is 0 Å². The Morgan fingerprint density at radius 1 is 1.05 bits per heavy atom. The van der Waals surface area contributed by atoms with E-state index in [-0.39, 0.29) is 10.6 Å². The van der Waals surface area contributed by atoms with Crippen molar-refractivity contribution >= 4 is 25.7 Å². The van der Waals surface area contributed by atoms with Crippen LogP contribution in [0.1, 0.15) is 26.2 Å². The normalized spacial score (nSPS) is 12.5. The molecule has 1 aromatic carbocycles. The summed E-state index contributed by atoms with van der Waals surface area (Å²) in [7, 11) is -8.15. The van der Waals surface area contributed by atoms with E-state index in [1.807, 2.05) is 6.92 Å². The number of anilines is 1. The molecule has 0 heterocycles. The van der Waals surface area contributed by atoms with Gasteiger partial charge in [0.1, 0.15) is 10.0 Å². The summed E-state index contributed by atoms with van der Waals surface area (Å²) in [5.41, 5.74) is 5.83. The molecular formula is C11H17N2O4S2-. The number of hydrogen-bond donors (Lipinski definition) is 1. The lowest BCUT2D eigenvalue weighted by molar-refractivity contribution is 0.592. The van der Waals surface area contributed by atoms with Gasteiger partial charge in [0.05, 0.1) is 10.0 Å². The number of unbranched alkanes of at least 4 members (excludes halogenated alkanes) is 2. The predicted molar refractivity (Wildman–Crippen MR) is 74.7 cm³/mol. The fourth-order valence-electron chi connectivity index (χ4n) is 1.40. The van der Waals surface area contributed by atoms with E-state index in [0.717, 1.165) is 12.8 Å². The molecule has 0 saturated carbocycles. The number of nitrogens with zero attached hydrogens (tertiary/aromatic N) is 1. The molecule has 0 aromatic heterocycles. The molecule has 0 spiro atoms. The Kier molecular flexibility index (Phi) is 5.33. The summed E-state index contributed by atoms with van der Waals surface area (Å²) in [5, 5.41) is 0. The molecule has 0 atom stereocenters. The molecule has 0 saturated heterocycles. The Balaban J connectivity index is 2.82. The Bertz CT molecular complexity index is 607. The first kappa shape index (κ1) is 15.9. The third kappa shape index (κ3) is 5.17. The second-order valence-electron chi connectivity index (χ2n) is 4.11. The van der Waals surface area contributed by atoms with Crippen molar-refractivity contribution < 1.29 is 16.8 Å². The number of sulfonamides is 2. The molecule has 0 bridgehead atoms. The molecule has 8 heteroatoms. The molecule has 0 fully saturated rings. The molecule has 0 aliphatic carbocycles. The molecule has 0 aliphatic heterocycles. The van der Waals surface area contributed by atoms with E-state index >= 15 is 0 Å². The van der Waals surface area contributed by atoms with Crippen LogP contribution < -0.4 is 5.73 Å². The zero-order chi connectivity index (χ0) is 14.5. The van der Waals surface area contributed by atoms with Crippen molar-refractivity contribution in [3.63, 3.8) is 0 Å². The summed E-state index contributed by atoms with van der Waals surface area (Å²) in [5.74, 6) is -0.255. The van der Waals surface area contributed by atoms with Crippen molar-refractivity contribution in [1.82, 2.24) is 0 Å². The van der Waals surface area contributed by atoms with E-state index in [9.17, 15) is 16.8 Å². The summed E-state index contributed by atoms with van der Waals surface area (Å²) < 4.78 is 49.8. The Hall–Kier alpha value is -1.12. The first-order chi connectivity index (χ1) is 8.77. The van der Waals surface area contributed by atoms with Crippen molar-refractivity contribution in [3.8, 4) is 0 Å². The van der Waals surface area contributed by atoms with Crippen LogP contribution in [0.5, 0.6) is 0 Å². The fourth-order valence-corrected chi connectivity index (χ4v) is 4.29. The van der Waals surface area contributed by atoms with Gasteiger partial charge < -0.3 is 9.86 Å². The highest BCUT2D eigenvalue weighted by Crippen LogP contribution is 2.22. The molecule has 0 amide bonds. The Labute approximate surface area is 114 Å². The third-order valence-electron chi connectivity index (χ3n) is 2.40. The third-order valence-corrected chi connectivity index (χ3v) is 5.76. The SMILES string of the molecule is CCCCCS(=O)(=O)[N-]S(=O)(=O)c1ccc(N)cc1. The minimum absolute atomic E-state index is 0.180. The lowest BCUT2D eigenvalue weighted by Crippen LogP contribution is -2.11. The zero-order valence-electron chi connectivity index (χ0n) is 10.6. The van der Waals surface area contributed by atoms with E-state index in [1.54, 1.807) is 0 Å². The largest absolute Gasteiger partial charge is 0.432 e. The van der Waals surface area contributed by atoms with E-state index in [0.29, 0.717) is 12.1 Å². The van der Waals surface area contributed by atoms with Gasteiger partial charge in [0.2, 0.25) is 0 Å². The zero-order valence-corrected chi connectivity index (χ0v) is 12.2. The van der Waals surface area contributed by atoms with Gasteiger partial charge >= 0.3 is 0 Å². The van der Waals surface area contributed by atoms with Gasteiger partial charge in [-0.3, -0.25) is 0 Å². The van der Waals surface area contributed by atoms with Crippen molar-refractivity contribution in [1.29, 1.82) is 0 Å². The highest BCUT2D eigenvalue weighted by molar-refractivity contribution is 8.12. The van der Waals surface area contributed by atoms with Crippen LogP contribution in [0.4, 0.5) is 5.69 Å². The molecule has 6 nitrogen and oxygen atoms in total. The fraction of sp³-hybridized carbons (Fsp3) is 0.455. The van der Waals surface area contributed by atoms with Crippen LogP contribution in [-0.2, 0) is 20.0 Å². The summed E-state index contributed by atoms with van der Waals surface area (Å²) >= 11 is 0. The molecule has 19 heavy (non-hydrogen) atoms. The maximum Gasteiger partial charge on any atom is 0.112 e. The molecule has 2 N–H and O–H groups in total. The van der Waals surface area contributed by atoms with Gasteiger partial charge in [0, 0.05) is 16.3 Å². The van der Waals surface area contributed by atoms with Crippen molar-refractivity contribution in [3.05, 3.63) is 28.4 Å². The van der Waals surface area contributed by atoms with Crippen molar-refractivity contribution in [2.75, 3.05) is 11.5 Å². The summed E-state index contributed by atoms with van der Waals surface area (Å²) in [6.45, 7) is 1.93. The van der Waals surface area contributed by atoms with E-state index in [4.69, 9.17) is 5.73 Å². The van der Waals surface area contributed by atoms with Gasteiger partial charge in [0.15, 0.2) is 0 Å². The molecule has 0 radical (unpaired) electrons. The molecular weight excluding hydrogens is 288 g/mol. The maximum atomic E-state index is 11.8. The van der Waals surface area contributed by atoms with Crippen LogP contribution in [-0.4, -0.2) is 22.6 Å². The number of nitrogens with two attached hydrogens (primary N) is 1. The van der Waals surface area contributed by atoms with Crippen LogP contribution in [0.25, 0.3) is 4.13 Å². The molecule has 108 valence electrons. The monoisotopic (exact) mass is 305 g/mol. The van der Waals surface area contributed by atoms with Crippen LogP contribution >= 0.6 is 0 Å². The lowest BCUT2D eigenvalue weighted by Gasteiger charge is -2.20. The molecule has 0 aliphatic rings. The van der Waals surface area contributed by atoms with Crippen LogP contribution in [0.3, 0.4) is 0 Å². The Morgan fingerprint density at radius 2 is 1.63 bits per heavy atom. The van der Waals surface area contributed by atoms with E-state index in [2.05, 4.69) is 4.13 Å². The average molecular weight is 305 g/mol. The summed E-state index contributed by atoms with van der Waals surface area (Å²) in [6.07, 6.45) is 1.97. The first-order valence-electron chi connectivity index (χ1n) is 5.84. The minimum atomic E-state index is -4.19. The Morgan fingerprint density at radius 3 is 2.16 bits per heavy atom. The van der Waals surface area contributed by atoms with E-state index in [1.165, 1.54) is 24.3 Å². The highest BCUT2D eigenvalue weighted by atomic mass is 32.3. The van der Waals surface area contributed by atoms with Gasteiger partial charge in [-0.15, -0.1) is 0 Å². The van der Waals surface area contributed by atoms with Gasteiger partial charge in [-0.1, -0.05) is 19.8 Å². The molecule has 1 rings (SSSR count). The average Bonchev–Trinajstić information content (AvgIpc) is 2.28. The standard InChI is InChI=1S/C11H17N2O4S2/c1-2-3-4-9-18(14,15)13-19(16,17)11-7-5-10(12)6-8-11/h5-8H,2-4,9,12H2,1H3/q-1. The van der Waals surface area contributed by atoms with Gasteiger partial charge in [0.25, 0.3) is 0 Å². The van der Waals surface area contributed by atoms with Gasteiger partial charge in [-0.2, -0.15) is 0 Å². The maximum absolute atomic E-state index is 11.8. The summed E-state index contributed by atoms with van der Waals surface area (Å²) in [4.78, 5) is -0.180. The second kappa shape index (κ2) is 6.36. The quantitative estimate of drug-likeness (QED) is 0.611. The van der Waals surface area contributed by atoms with Crippen molar-refractivity contribution in [2.24, 2.45) is 0 Å². The highest BCUT2D eigenvalue weighted by Gasteiger charge is 2.10. The molecule has 1 aromatic rings. The van der Waals surface area contributed by atoms with Gasteiger partial charge in [-0.25, -0.2) is 16.8 Å². The topological polar surface area (TPSA) is 108 Å². The van der Waals surface area contributed by atoms with Crippen molar-refractivity contribution in [2.45, 2.75) is 31.1 Å². The number of benzene rings is 1. The smallest absolute Gasteiger partial charge is 0.112 e. The first-order valence-corrected chi connectivity index (χ1v) is 8.89. The number of hydrogen-bond acceptors (Lipinski definition) is 5. The summed E-state index contributed by atoms with van der Waals surface area (Å²) in [6, 6.07) is 5.23. The number of rotatable bonds is 7.